The summed E-state index contributed by atoms with van der Waals surface area (Å²) in [6, 6.07) is 10.00. The van der Waals surface area contributed by atoms with E-state index in [1.807, 2.05) is 50.4 Å². The number of aryl methyl sites for hydroxylation is 2. The van der Waals surface area contributed by atoms with Crippen molar-refractivity contribution in [2.75, 3.05) is 0 Å². The largest absolute Gasteiger partial charge is 0.348 e. The number of amides is 1. The van der Waals surface area contributed by atoms with Crippen LogP contribution >= 0.6 is 11.3 Å². The van der Waals surface area contributed by atoms with Gasteiger partial charge in [0, 0.05) is 28.9 Å². The molecule has 0 fully saturated rings. The minimum Gasteiger partial charge on any atom is -0.348 e. The van der Waals surface area contributed by atoms with Crippen LogP contribution in [-0.2, 0) is 13.1 Å². The molecule has 0 radical (unpaired) electrons. The molecule has 26 heavy (non-hydrogen) atoms. The van der Waals surface area contributed by atoms with Gasteiger partial charge in [-0.15, -0.1) is 11.3 Å². The Morgan fingerprint density at radius 3 is 2.50 bits per heavy atom. The van der Waals surface area contributed by atoms with Gasteiger partial charge in [-0.1, -0.05) is 43.7 Å². The number of carbonyl (C=O) groups is 1. The maximum atomic E-state index is 12.9. The van der Waals surface area contributed by atoms with Crippen LogP contribution < -0.4 is 10.9 Å². The Kier molecular flexibility index (Phi) is 5.28. The fraction of sp³-hybridized carbons (Fsp3) is 0.333. The molecule has 0 bridgehead atoms. The molecule has 0 unspecified atom stereocenters. The second kappa shape index (κ2) is 7.46. The quantitative estimate of drug-likeness (QED) is 0.731. The Hall–Kier alpha value is -2.40. The third-order valence-corrected chi connectivity index (χ3v) is 5.43. The second-order valence-electron chi connectivity index (χ2n) is 7.11. The third kappa shape index (κ3) is 3.73. The predicted molar refractivity (Wildman–Crippen MR) is 108 cm³/mol. The van der Waals surface area contributed by atoms with Gasteiger partial charge >= 0.3 is 0 Å². The minimum absolute atomic E-state index is 0.0824. The summed E-state index contributed by atoms with van der Waals surface area (Å²) in [5.74, 6) is 0.178. The number of hydrogen-bond donors (Lipinski definition) is 1. The van der Waals surface area contributed by atoms with Crippen LogP contribution in [0.5, 0.6) is 0 Å². The molecule has 0 aliphatic carbocycles. The normalized spacial score (nSPS) is 11.3. The van der Waals surface area contributed by atoms with Crippen molar-refractivity contribution in [3.05, 3.63) is 68.4 Å². The molecule has 3 aromatic rings. The summed E-state index contributed by atoms with van der Waals surface area (Å²) < 4.78 is 2.57. The molecule has 3 rings (SSSR count). The van der Waals surface area contributed by atoms with Crippen LogP contribution in [0.1, 0.15) is 40.2 Å². The number of benzene rings is 1. The summed E-state index contributed by atoms with van der Waals surface area (Å²) in [6.45, 7) is 9.18. The van der Waals surface area contributed by atoms with E-state index in [9.17, 15) is 9.59 Å². The average molecular weight is 369 g/mol. The molecule has 5 heteroatoms. The van der Waals surface area contributed by atoms with E-state index in [1.165, 1.54) is 16.9 Å². The molecule has 0 saturated heterocycles. The van der Waals surface area contributed by atoms with Gasteiger partial charge in [0.15, 0.2) is 0 Å². The summed E-state index contributed by atoms with van der Waals surface area (Å²) in [7, 11) is 0. The molecule has 2 aromatic heterocycles. The van der Waals surface area contributed by atoms with E-state index >= 15 is 0 Å². The fourth-order valence-corrected chi connectivity index (χ4v) is 4.10. The Morgan fingerprint density at radius 1 is 1.15 bits per heavy atom. The van der Waals surface area contributed by atoms with Crippen molar-refractivity contribution in [1.29, 1.82) is 0 Å². The van der Waals surface area contributed by atoms with E-state index in [-0.39, 0.29) is 11.5 Å². The van der Waals surface area contributed by atoms with Crippen LogP contribution in [0, 0.1) is 19.8 Å². The van der Waals surface area contributed by atoms with Crippen molar-refractivity contribution in [3.8, 4) is 0 Å². The topological polar surface area (TPSA) is 51.1 Å². The average Bonchev–Trinajstić information content (AvgIpc) is 2.93. The summed E-state index contributed by atoms with van der Waals surface area (Å²) in [4.78, 5) is 26.6. The van der Waals surface area contributed by atoms with Crippen LogP contribution in [0.3, 0.4) is 0 Å². The van der Waals surface area contributed by atoms with E-state index < -0.39 is 0 Å². The first-order valence-electron chi connectivity index (χ1n) is 8.83. The number of nitrogens with one attached hydrogen (secondary N) is 1. The molecule has 1 aromatic carbocycles. The summed E-state index contributed by atoms with van der Waals surface area (Å²) >= 11 is 1.50. The van der Waals surface area contributed by atoms with Crippen LogP contribution in [-0.4, -0.2) is 10.5 Å². The fourth-order valence-electron chi connectivity index (χ4n) is 3.05. The molecule has 0 aliphatic heterocycles. The van der Waals surface area contributed by atoms with Gasteiger partial charge in [-0.05, 0) is 31.4 Å². The van der Waals surface area contributed by atoms with Gasteiger partial charge in [0.2, 0.25) is 0 Å². The van der Waals surface area contributed by atoms with Gasteiger partial charge in [-0.3, -0.25) is 9.59 Å². The van der Waals surface area contributed by atoms with Gasteiger partial charge < -0.3 is 9.88 Å². The Balaban J connectivity index is 1.92. The number of aromatic nitrogens is 1. The standard InChI is InChI=1S/C21H24N2O2S/c1-13(2)12-23-10-9-17-19(21(23)25)18(15(4)26-17)20(24)22-11-16-7-5-14(3)6-8-16/h5-10,13H,11-12H2,1-4H3,(H,22,24). The highest BCUT2D eigenvalue weighted by Crippen LogP contribution is 2.28. The molecular weight excluding hydrogens is 344 g/mol. The molecule has 0 aliphatic rings. The maximum absolute atomic E-state index is 12.9. The first-order chi connectivity index (χ1) is 12.4. The lowest BCUT2D eigenvalue weighted by Crippen LogP contribution is -2.27. The van der Waals surface area contributed by atoms with Crippen LogP contribution in [0.25, 0.3) is 10.1 Å². The first-order valence-corrected chi connectivity index (χ1v) is 9.64. The van der Waals surface area contributed by atoms with Crippen molar-refractivity contribution >= 4 is 27.3 Å². The molecule has 0 saturated carbocycles. The highest BCUT2D eigenvalue weighted by Gasteiger charge is 2.20. The monoisotopic (exact) mass is 368 g/mol. The molecule has 1 N–H and O–H groups in total. The number of rotatable bonds is 5. The highest BCUT2D eigenvalue weighted by atomic mass is 32.1. The van der Waals surface area contributed by atoms with Crippen LogP contribution in [0.4, 0.5) is 0 Å². The zero-order valence-corrected chi connectivity index (χ0v) is 16.4. The highest BCUT2D eigenvalue weighted by molar-refractivity contribution is 7.19. The van der Waals surface area contributed by atoms with E-state index in [1.54, 1.807) is 4.57 Å². The number of fused-ring (bicyclic) bond motifs is 1. The lowest BCUT2D eigenvalue weighted by Gasteiger charge is -2.09. The van der Waals surface area contributed by atoms with Crippen molar-refractivity contribution in [3.63, 3.8) is 0 Å². The van der Waals surface area contributed by atoms with Crippen molar-refractivity contribution in [2.24, 2.45) is 5.92 Å². The number of nitrogens with zero attached hydrogens (tertiary/aromatic N) is 1. The minimum atomic E-state index is -0.186. The molecule has 2 heterocycles. The van der Waals surface area contributed by atoms with Crippen molar-refractivity contribution in [1.82, 2.24) is 9.88 Å². The summed E-state index contributed by atoms with van der Waals surface area (Å²) in [5, 5.41) is 3.50. The first kappa shape index (κ1) is 18.4. The number of carbonyl (C=O) groups excluding carboxylic acids is 1. The Morgan fingerprint density at radius 2 is 1.85 bits per heavy atom. The molecule has 136 valence electrons. The van der Waals surface area contributed by atoms with Gasteiger partial charge in [-0.2, -0.15) is 0 Å². The molecule has 4 nitrogen and oxygen atoms in total. The zero-order valence-electron chi connectivity index (χ0n) is 15.6. The molecule has 0 spiro atoms. The van der Waals surface area contributed by atoms with Gasteiger partial charge in [0.1, 0.15) is 0 Å². The Bertz CT molecular complexity index is 997. The van der Waals surface area contributed by atoms with Crippen LogP contribution in [0.15, 0.2) is 41.3 Å². The lowest BCUT2D eigenvalue weighted by atomic mass is 10.1. The van der Waals surface area contributed by atoms with E-state index in [0.717, 1.165) is 15.1 Å². The Labute approximate surface area is 157 Å². The van der Waals surface area contributed by atoms with Gasteiger partial charge in [0.05, 0.1) is 10.9 Å². The maximum Gasteiger partial charge on any atom is 0.260 e. The van der Waals surface area contributed by atoms with E-state index in [4.69, 9.17) is 0 Å². The van der Waals surface area contributed by atoms with E-state index in [0.29, 0.717) is 30.0 Å². The number of hydrogen-bond acceptors (Lipinski definition) is 3. The summed E-state index contributed by atoms with van der Waals surface area (Å²) in [6.07, 6.45) is 1.83. The van der Waals surface area contributed by atoms with Crippen molar-refractivity contribution < 1.29 is 4.79 Å². The van der Waals surface area contributed by atoms with E-state index in [2.05, 4.69) is 19.2 Å². The molecule has 1 amide bonds. The van der Waals surface area contributed by atoms with Crippen molar-refractivity contribution in [2.45, 2.75) is 40.8 Å². The smallest absolute Gasteiger partial charge is 0.260 e. The number of pyridine rings is 1. The molecule has 0 atom stereocenters. The third-order valence-electron chi connectivity index (χ3n) is 4.35. The second-order valence-corrected chi connectivity index (χ2v) is 8.36. The SMILES string of the molecule is Cc1ccc(CNC(=O)c2c(C)sc3ccn(CC(C)C)c(=O)c23)cc1. The molecular formula is C21H24N2O2S. The zero-order chi connectivity index (χ0) is 18.8. The summed E-state index contributed by atoms with van der Waals surface area (Å²) in [5.41, 5.74) is 2.66. The van der Waals surface area contributed by atoms with Gasteiger partial charge in [0.25, 0.3) is 11.5 Å². The van der Waals surface area contributed by atoms with Crippen LogP contribution in [0.2, 0.25) is 0 Å². The number of thiophene rings is 1. The van der Waals surface area contributed by atoms with Gasteiger partial charge in [-0.25, -0.2) is 0 Å². The predicted octanol–water partition coefficient (Wildman–Crippen LogP) is 4.27. The lowest BCUT2D eigenvalue weighted by molar-refractivity contribution is 0.0952.